The number of fused-ring (bicyclic) bond motifs is 2. The summed E-state index contributed by atoms with van der Waals surface area (Å²) in [6.45, 7) is 2.14. The van der Waals surface area contributed by atoms with Gasteiger partial charge in [0.2, 0.25) is 0 Å². The maximum atomic E-state index is 11.8. The number of hydrogen-bond acceptors (Lipinski definition) is 2. The fraction of sp³-hybridized carbons (Fsp3) is 0.375. The molecule has 1 heterocycles. The van der Waals surface area contributed by atoms with Crippen molar-refractivity contribution in [2.45, 2.75) is 32.6 Å². The smallest absolute Gasteiger partial charge is 0.336 e. The molecule has 0 fully saturated rings. The van der Waals surface area contributed by atoms with Gasteiger partial charge in [-0.2, -0.15) is 0 Å². The summed E-state index contributed by atoms with van der Waals surface area (Å²) >= 11 is 12.2. The molecule has 0 spiro atoms. The minimum atomic E-state index is -0.936. The van der Waals surface area contributed by atoms with Gasteiger partial charge in [-0.05, 0) is 42.9 Å². The van der Waals surface area contributed by atoms with Gasteiger partial charge in [-0.3, -0.25) is 4.98 Å². The van der Waals surface area contributed by atoms with Gasteiger partial charge in [0.1, 0.15) is 0 Å². The maximum Gasteiger partial charge on any atom is 0.336 e. The van der Waals surface area contributed by atoms with Crippen molar-refractivity contribution < 1.29 is 9.90 Å². The van der Waals surface area contributed by atoms with E-state index in [0.717, 1.165) is 36.9 Å². The van der Waals surface area contributed by atoms with Crippen LogP contribution in [0.2, 0.25) is 10.0 Å². The molecule has 2 aromatic rings. The molecule has 1 aromatic heterocycles. The molecule has 1 atom stereocenters. The lowest BCUT2D eigenvalue weighted by atomic mass is 9.82. The predicted octanol–water partition coefficient (Wildman–Crippen LogP) is 4.75. The highest BCUT2D eigenvalue weighted by atomic mass is 35.5. The Labute approximate surface area is 132 Å². The van der Waals surface area contributed by atoms with E-state index in [0.29, 0.717) is 32.4 Å². The van der Waals surface area contributed by atoms with Crippen molar-refractivity contribution in [3.63, 3.8) is 0 Å². The first-order valence-corrected chi connectivity index (χ1v) is 7.80. The number of benzene rings is 1. The number of aromatic carboxylic acids is 1. The third-order valence-electron chi connectivity index (χ3n) is 4.27. The van der Waals surface area contributed by atoms with E-state index < -0.39 is 5.97 Å². The highest BCUT2D eigenvalue weighted by Gasteiger charge is 2.26. The highest BCUT2D eigenvalue weighted by molar-refractivity contribution is 6.38. The van der Waals surface area contributed by atoms with Crippen LogP contribution in [0.25, 0.3) is 10.9 Å². The lowest BCUT2D eigenvalue weighted by Gasteiger charge is -2.25. The molecular formula is C16H15Cl2NO2. The van der Waals surface area contributed by atoms with Gasteiger partial charge < -0.3 is 5.11 Å². The van der Waals surface area contributed by atoms with Crippen molar-refractivity contribution in [2.24, 2.45) is 5.92 Å². The van der Waals surface area contributed by atoms with Crippen LogP contribution in [-0.4, -0.2) is 16.1 Å². The van der Waals surface area contributed by atoms with Crippen molar-refractivity contribution in [3.8, 4) is 0 Å². The third-order valence-corrected chi connectivity index (χ3v) is 4.77. The minimum absolute atomic E-state index is 0.317. The van der Waals surface area contributed by atoms with Crippen LogP contribution in [0.5, 0.6) is 0 Å². The summed E-state index contributed by atoms with van der Waals surface area (Å²) < 4.78 is 0. The van der Waals surface area contributed by atoms with E-state index >= 15 is 0 Å². The Morgan fingerprint density at radius 2 is 2.19 bits per heavy atom. The Kier molecular flexibility index (Phi) is 3.80. The maximum absolute atomic E-state index is 11.8. The van der Waals surface area contributed by atoms with Gasteiger partial charge in [-0.1, -0.05) is 36.5 Å². The Hall–Kier alpha value is -1.32. The molecule has 0 aliphatic heterocycles. The number of rotatable bonds is 2. The topological polar surface area (TPSA) is 50.2 Å². The van der Waals surface area contributed by atoms with E-state index in [1.165, 1.54) is 0 Å². The quantitative estimate of drug-likeness (QED) is 0.867. The van der Waals surface area contributed by atoms with E-state index in [1.54, 1.807) is 12.1 Å². The summed E-state index contributed by atoms with van der Waals surface area (Å²) in [6.07, 6.45) is 3.67. The van der Waals surface area contributed by atoms with Crippen LogP contribution in [-0.2, 0) is 12.8 Å². The Morgan fingerprint density at radius 1 is 1.43 bits per heavy atom. The third kappa shape index (κ3) is 2.49. The highest BCUT2D eigenvalue weighted by Crippen LogP contribution is 2.36. The summed E-state index contributed by atoms with van der Waals surface area (Å²) in [7, 11) is 0. The molecule has 1 aliphatic rings. The zero-order valence-electron chi connectivity index (χ0n) is 11.6. The second-order valence-corrected chi connectivity index (χ2v) is 6.36. The molecule has 110 valence electrons. The van der Waals surface area contributed by atoms with E-state index in [-0.39, 0.29) is 0 Å². The standard InChI is InChI=1S/C16H15Cl2NO2/c1-2-8-3-4-13-10(5-8)14(16(20)21)11-6-9(17)7-12(18)15(11)19-13/h6-8H,2-5H2,1H3,(H,20,21). The van der Waals surface area contributed by atoms with Gasteiger partial charge in [0.05, 0.1) is 16.1 Å². The number of aryl methyl sites for hydroxylation is 1. The fourth-order valence-electron chi connectivity index (χ4n) is 3.13. The van der Waals surface area contributed by atoms with Gasteiger partial charge in [0.25, 0.3) is 0 Å². The summed E-state index contributed by atoms with van der Waals surface area (Å²) in [4.78, 5) is 16.4. The van der Waals surface area contributed by atoms with Crippen LogP contribution in [0.4, 0.5) is 0 Å². The molecule has 5 heteroatoms. The van der Waals surface area contributed by atoms with Gasteiger partial charge in [-0.15, -0.1) is 0 Å². The summed E-state index contributed by atoms with van der Waals surface area (Å²) in [5.41, 5.74) is 2.57. The zero-order valence-corrected chi connectivity index (χ0v) is 13.1. The second kappa shape index (κ2) is 5.47. The van der Waals surface area contributed by atoms with E-state index in [1.807, 2.05) is 0 Å². The van der Waals surface area contributed by atoms with Gasteiger partial charge in [0, 0.05) is 16.1 Å². The summed E-state index contributed by atoms with van der Waals surface area (Å²) in [6, 6.07) is 3.25. The van der Waals surface area contributed by atoms with Crippen molar-refractivity contribution in [2.75, 3.05) is 0 Å². The van der Waals surface area contributed by atoms with E-state index in [9.17, 15) is 9.90 Å². The largest absolute Gasteiger partial charge is 0.478 e. The predicted molar refractivity (Wildman–Crippen MR) is 84.5 cm³/mol. The molecule has 21 heavy (non-hydrogen) atoms. The number of carbonyl (C=O) groups is 1. The molecule has 0 amide bonds. The minimum Gasteiger partial charge on any atom is -0.478 e. The Bertz CT molecular complexity index is 743. The monoisotopic (exact) mass is 323 g/mol. The second-order valence-electron chi connectivity index (χ2n) is 5.52. The molecule has 1 N–H and O–H groups in total. The molecular weight excluding hydrogens is 309 g/mol. The molecule has 0 radical (unpaired) electrons. The first kappa shape index (κ1) is 14.6. The van der Waals surface area contributed by atoms with E-state index in [4.69, 9.17) is 23.2 Å². The van der Waals surface area contributed by atoms with Crippen LogP contribution in [0.15, 0.2) is 12.1 Å². The molecule has 0 saturated carbocycles. The number of carboxylic acids is 1. The van der Waals surface area contributed by atoms with Crippen LogP contribution in [0, 0.1) is 5.92 Å². The molecule has 1 aliphatic carbocycles. The Balaban J connectivity index is 2.35. The van der Waals surface area contributed by atoms with Crippen LogP contribution < -0.4 is 0 Å². The molecule has 0 bridgehead atoms. The number of aromatic nitrogens is 1. The lowest BCUT2D eigenvalue weighted by Crippen LogP contribution is -2.19. The van der Waals surface area contributed by atoms with E-state index in [2.05, 4.69) is 11.9 Å². The van der Waals surface area contributed by atoms with Crippen molar-refractivity contribution in [1.82, 2.24) is 4.98 Å². The number of nitrogens with zero attached hydrogens (tertiary/aromatic N) is 1. The van der Waals surface area contributed by atoms with Crippen LogP contribution >= 0.6 is 23.2 Å². The summed E-state index contributed by atoms with van der Waals surface area (Å²) in [5, 5.41) is 11.0. The van der Waals surface area contributed by atoms with Crippen molar-refractivity contribution in [1.29, 1.82) is 0 Å². The van der Waals surface area contributed by atoms with Gasteiger partial charge >= 0.3 is 5.97 Å². The van der Waals surface area contributed by atoms with Crippen molar-refractivity contribution in [3.05, 3.63) is 39.0 Å². The molecule has 1 unspecified atom stereocenters. The first-order valence-electron chi connectivity index (χ1n) is 7.05. The SMILES string of the molecule is CCC1CCc2nc3c(Cl)cc(Cl)cc3c(C(=O)O)c2C1. The zero-order chi connectivity index (χ0) is 15.1. The summed E-state index contributed by atoms with van der Waals surface area (Å²) in [5.74, 6) is -0.418. The number of halogens is 2. The number of pyridine rings is 1. The first-order chi connectivity index (χ1) is 10.0. The van der Waals surface area contributed by atoms with Crippen LogP contribution in [0.3, 0.4) is 0 Å². The number of carboxylic acid groups (broad SMARTS) is 1. The average Bonchev–Trinajstić information content (AvgIpc) is 2.44. The molecule has 1 aromatic carbocycles. The normalized spacial score (nSPS) is 17.8. The molecule has 3 nitrogen and oxygen atoms in total. The fourth-order valence-corrected chi connectivity index (χ4v) is 3.67. The van der Waals surface area contributed by atoms with Gasteiger partial charge in [0.15, 0.2) is 0 Å². The molecule has 0 saturated heterocycles. The van der Waals surface area contributed by atoms with Gasteiger partial charge in [-0.25, -0.2) is 4.79 Å². The van der Waals surface area contributed by atoms with Crippen molar-refractivity contribution >= 4 is 40.1 Å². The Morgan fingerprint density at radius 3 is 2.86 bits per heavy atom. The average molecular weight is 324 g/mol. The lowest BCUT2D eigenvalue weighted by molar-refractivity contribution is 0.0697. The van der Waals surface area contributed by atoms with Crippen LogP contribution in [0.1, 0.15) is 41.4 Å². The molecule has 3 rings (SSSR count). The number of hydrogen-bond donors (Lipinski definition) is 1.